The predicted molar refractivity (Wildman–Crippen MR) is 141 cm³/mol. The van der Waals surface area contributed by atoms with Gasteiger partial charge in [0.25, 0.3) is 0 Å². The number of hydrogen-bond donors (Lipinski definition) is 4. The Bertz CT molecular complexity index is 1180. The van der Waals surface area contributed by atoms with Crippen LogP contribution < -0.4 is 30.9 Å². The fraction of sp³-hybridized carbons (Fsp3) is 0.269. The number of amides is 1. The van der Waals surface area contributed by atoms with Crippen molar-refractivity contribution in [1.82, 2.24) is 15.3 Å². The van der Waals surface area contributed by atoms with E-state index in [0.29, 0.717) is 41.5 Å². The van der Waals surface area contributed by atoms with Crippen LogP contribution in [0.25, 0.3) is 0 Å². The SMILES string of the molecule is C=CC(=O)Nc1cccc(Nc2nc(Nc3ccc(N(CCF)[C@@H]4CCNC4)cc3)ncc2OC)c1. The molecule has 0 bridgehead atoms. The molecule has 1 aliphatic rings. The Morgan fingerprint density at radius 3 is 2.72 bits per heavy atom. The van der Waals surface area contributed by atoms with E-state index in [9.17, 15) is 9.18 Å². The van der Waals surface area contributed by atoms with Crippen molar-refractivity contribution in [1.29, 1.82) is 0 Å². The molecular weight excluding hydrogens is 461 g/mol. The van der Waals surface area contributed by atoms with Crippen LogP contribution in [0, 0.1) is 0 Å². The van der Waals surface area contributed by atoms with Gasteiger partial charge in [0, 0.05) is 41.9 Å². The topological polar surface area (TPSA) is 103 Å². The van der Waals surface area contributed by atoms with E-state index >= 15 is 0 Å². The second-order valence-corrected chi connectivity index (χ2v) is 8.21. The molecule has 1 saturated heterocycles. The number of hydrogen-bond acceptors (Lipinski definition) is 8. The van der Waals surface area contributed by atoms with Crippen LogP contribution in [0.5, 0.6) is 5.75 Å². The van der Waals surface area contributed by atoms with Crippen molar-refractivity contribution in [2.24, 2.45) is 0 Å². The fourth-order valence-electron chi connectivity index (χ4n) is 4.06. The number of alkyl halides is 1. The van der Waals surface area contributed by atoms with Gasteiger partial charge in [0.05, 0.1) is 13.3 Å². The van der Waals surface area contributed by atoms with Gasteiger partial charge in [0.15, 0.2) is 11.6 Å². The zero-order chi connectivity index (χ0) is 25.3. The number of carbonyl (C=O) groups excluding carboxylic acids is 1. The number of aromatic nitrogens is 2. The summed E-state index contributed by atoms with van der Waals surface area (Å²) in [5.41, 5.74) is 3.10. The quantitative estimate of drug-likeness (QED) is 0.296. The average Bonchev–Trinajstić information content (AvgIpc) is 3.43. The van der Waals surface area contributed by atoms with E-state index in [4.69, 9.17) is 4.74 Å². The summed E-state index contributed by atoms with van der Waals surface area (Å²) in [6, 6.07) is 15.3. The Labute approximate surface area is 209 Å². The number of rotatable bonds is 11. The number of anilines is 6. The highest BCUT2D eigenvalue weighted by Crippen LogP contribution is 2.29. The standard InChI is InChI=1S/C26H30FN7O2/c1-3-24(35)30-19-5-4-6-20(15-19)31-25-23(36-2)17-29-26(33-25)32-18-7-9-21(10-8-18)34(14-12-27)22-11-13-28-16-22/h3-10,15,17,22,28H,1,11-14,16H2,2H3,(H,30,35)(H2,29,31,32,33)/t22-/m1/s1. The molecule has 1 fully saturated rings. The van der Waals surface area contributed by atoms with Gasteiger partial charge in [-0.2, -0.15) is 4.98 Å². The largest absolute Gasteiger partial charge is 0.491 e. The third kappa shape index (κ3) is 6.28. The number of halogens is 1. The second-order valence-electron chi connectivity index (χ2n) is 8.21. The third-order valence-corrected chi connectivity index (χ3v) is 5.81. The molecule has 1 amide bonds. The molecule has 1 atom stereocenters. The van der Waals surface area contributed by atoms with E-state index in [1.807, 2.05) is 36.4 Å². The van der Waals surface area contributed by atoms with Crippen LogP contribution in [0.15, 0.2) is 67.4 Å². The predicted octanol–water partition coefficient (Wildman–Crippen LogP) is 4.23. The van der Waals surface area contributed by atoms with Crippen molar-refractivity contribution in [3.8, 4) is 5.75 Å². The lowest BCUT2D eigenvalue weighted by atomic mass is 10.1. The lowest BCUT2D eigenvalue weighted by Crippen LogP contribution is -2.38. The van der Waals surface area contributed by atoms with E-state index < -0.39 is 6.67 Å². The molecule has 0 radical (unpaired) electrons. The first-order chi connectivity index (χ1) is 17.6. The molecule has 188 valence electrons. The van der Waals surface area contributed by atoms with Crippen LogP contribution in [0.2, 0.25) is 0 Å². The minimum atomic E-state index is -0.393. The molecule has 1 aromatic heterocycles. The highest BCUT2D eigenvalue weighted by Gasteiger charge is 2.22. The minimum Gasteiger partial charge on any atom is -0.491 e. The van der Waals surface area contributed by atoms with Crippen molar-refractivity contribution in [2.45, 2.75) is 12.5 Å². The van der Waals surface area contributed by atoms with Crippen molar-refractivity contribution in [2.75, 3.05) is 54.3 Å². The van der Waals surface area contributed by atoms with Gasteiger partial charge in [0.1, 0.15) is 6.67 Å². The minimum absolute atomic E-state index is 0.293. The van der Waals surface area contributed by atoms with Crippen LogP contribution in [0.4, 0.5) is 38.9 Å². The summed E-state index contributed by atoms with van der Waals surface area (Å²) in [7, 11) is 1.54. The molecule has 4 rings (SSSR count). The van der Waals surface area contributed by atoms with E-state index in [0.717, 1.165) is 30.9 Å². The lowest BCUT2D eigenvalue weighted by molar-refractivity contribution is -0.111. The van der Waals surface area contributed by atoms with Gasteiger partial charge < -0.3 is 30.9 Å². The highest BCUT2D eigenvalue weighted by atomic mass is 19.1. The van der Waals surface area contributed by atoms with Crippen LogP contribution in [-0.2, 0) is 4.79 Å². The highest BCUT2D eigenvalue weighted by molar-refractivity contribution is 5.99. The van der Waals surface area contributed by atoms with Crippen molar-refractivity contribution in [3.05, 3.63) is 67.4 Å². The molecular formula is C26H30FN7O2. The normalized spacial score (nSPS) is 14.7. The van der Waals surface area contributed by atoms with E-state index in [-0.39, 0.29) is 5.91 Å². The van der Waals surface area contributed by atoms with Crippen LogP contribution in [-0.4, -0.2) is 55.3 Å². The first kappa shape index (κ1) is 24.9. The Kier molecular flexibility index (Phi) is 8.30. The van der Waals surface area contributed by atoms with E-state index in [1.165, 1.54) is 6.08 Å². The van der Waals surface area contributed by atoms with Gasteiger partial charge in [-0.05, 0) is 61.5 Å². The zero-order valence-corrected chi connectivity index (χ0v) is 20.1. The molecule has 0 saturated carbocycles. The number of methoxy groups -OCH3 is 1. The fourth-order valence-corrected chi connectivity index (χ4v) is 4.06. The van der Waals surface area contributed by atoms with Crippen LogP contribution in [0.3, 0.4) is 0 Å². The molecule has 9 nitrogen and oxygen atoms in total. The van der Waals surface area contributed by atoms with Gasteiger partial charge in [-0.25, -0.2) is 9.37 Å². The molecule has 2 aromatic carbocycles. The Morgan fingerprint density at radius 1 is 1.22 bits per heavy atom. The first-order valence-electron chi connectivity index (χ1n) is 11.7. The van der Waals surface area contributed by atoms with Gasteiger partial charge >= 0.3 is 0 Å². The molecule has 36 heavy (non-hydrogen) atoms. The summed E-state index contributed by atoms with van der Waals surface area (Å²) in [6.45, 7) is 5.25. The maximum Gasteiger partial charge on any atom is 0.247 e. The third-order valence-electron chi connectivity index (χ3n) is 5.81. The Hall–Kier alpha value is -4.18. The zero-order valence-electron chi connectivity index (χ0n) is 20.1. The van der Waals surface area contributed by atoms with Crippen molar-refractivity contribution in [3.63, 3.8) is 0 Å². The number of benzene rings is 2. The summed E-state index contributed by atoms with van der Waals surface area (Å²) in [5.74, 6) is 1.00. The Balaban J connectivity index is 1.48. The first-order valence-corrected chi connectivity index (χ1v) is 11.7. The average molecular weight is 492 g/mol. The summed E-state index contributed by atoms with van der Waals surface area (Å²) in [4.78, 5) is 22.6. The number of ether oxygens (including phenoxy) is 1. The molecule has 0 spiro atoms. The molecule has 1 aliphatic heterocycles. The maximum atomic E-state index is 13.2. The maximum absolute atomic E-state index is 13.2. The lowest BCUT2D eigenvalue weighted by Gasteiger charge is -2.30. The summed E-state index contributed by atoms with van der Waals surface area (Å²) in [5, 5.41) is 12.5. The molecule has 10 heteroatoms. The monoisotopic (exact) mass is 491 g/mol. The summed E-state index contributed by atoms with van der Waals surface area (Å²) >= 11 is 0. The number of nitrogens with one attached hydrogen (secondary N) is 4. The Morgan fingerprint density at radius 2 is 2.03 bits per heavy atom. The smallest absolute Gasteiger partial charge is 0.247 e. The van der Waals surface area contributed by atoms with E-state index in [1.54, 1.807) is 25.4 Å². The molecule has 0 aliphatic carbocycles. The van der Waals surface area contributed by atoms with E-state index in [2.05, 4.69) is 42.7 Å². The van der Waals surface area contributed by atoms with Gasteiger partial charge in [0.2, 0.25) is 11.9 Å². The molecule has 3 aromatic rings. The molecule has 2 heterocycles. The van der Waals surface area contributed by atoms with Gasteiger partial charge in [-0.3, -0.25) is 4.79 Å². The van der Waals surface area contributed by atoms with Crippen molar-refractivity contribution >= 4 is 40.4 Å². The van der Waals surface area contributed by atoms with Crippen LogP contribution in [0.1, 0.15) is 6.42 Å². The summed E-state index contributed by atoms with van der Waals surface area (Å²) < 4.78 is 18.6. The number of carbonyl (C=O) groups is 1. The summed E-state index contributed by atoms with van der Waals surface area (Å²) in [6.07, 6.45) is 3.78. The molecule has 0 unspecified atom stereocenters. The van der Waals surface area contributed by atoms with Gasteiger partial charge in [-0.1, -0.05) is 12.6 Å². The van der Waals surface area contributed by atoms with Crippen molar-refractivity contribution < 1.29 is 13.9 Å². The number of nitrogens with zero attached hydrogens (tertiary/aromatic N) is 3. The van der Waals surface area contributed by atoms with Gasteiger partial charge in [-0.15, -0.1) is 0 Å². The van der Waals surface area contributed by atoms with Crippen LogP contribution >= 0.6 is 0 Å². The molecule has 4 N–H and O–H groups in total. The second kappa shape index (κ2) is 12.0.